The van der Waals surface area contributed by atoms with Crippen LogP contribution in [0.3, 0.4) is 0 Å². The van der Waals surface area contributed by atoms with Crippen LogP contribution in [0, 0.1) is 11.6 Å². The van der Waals surface area contributed by atoms with E-state index in [0.29, 0.717) is 65.5 Å². The van der Waals surface area contributed by atoms with Crippen LogP contribution in [0.1, 0.15) is 57.6 Å². The predicted molar refractivity (Wildman–Crippen MR) is 190 cm³/mol. The van der Waals surface area contributed by atoms with Crippen LogP contribution in [-0.4, -0.2) is 89.7 Å². The highest BCUT2D eigenvalue weighted by atomic mass is 19.1. The largest absolute Gasteiger partial charge is 0.494 e. The van der Waals surface area contributed by atoms with Gasteiger partial charge >= 0.3 is 0 Å². The molecule has 0 unspecified atom stereocenters. The second-order valence-corrected chi connectivity index (χ2v) is 13.9. The number of piperidine rings is 1. The van der Waals surface area contributed by atoms with Crippen LogP contribution < -0.4 is 25.3 Å². The summed E-state index contributed by atoms with van der Waals surface area (Å²) in [6.07, 6.45) is 7.92. The Morgan fingerprint density at radius 1 is 0.920 bits per heavy atom. The molecule has 0 radical (unpaired) electrons. The number of methoxy groups -OCH3 is 1. The van der Waals surface area contributed by atoms with Gasteiger partial charge in [-0.15, -0.1) is 0 Å². The maximum atomic E-state index is 14.0. The van der Waals surface area contributed by atoms with Crippen molar-refractivity contribution in [2.24, 2.45) is 0 Å². The molecule has 0 spiro atoms. The Balaban J connectivity index is 1.09. The van der Waals surface area contributed by atoms with E-state index in [1.165, 1.54) is 37.4 Å². The van der Waals surface area contributed by atoms with Crippen LogP contribution in [-0.2, 0) is 9.63 Å². The summed E-state index contributed by atoms with van der Waals surface area (Å²) in [6, 6.07) is 10.9. The monoisotopic (exact) mass is 688 g/mol. The Morgan fingerprint density at radius 2 is 1.60 bits per heavy atom. The SMILES string of the molecule is C=CC(=O)Nc1cc(Nc2cc(N3OCC[C@@H]3c3cc(F)cc(F)c3)ncn2)c(OC)cc1N1CCC(N2C[C@H](C)N(C3CC3)C[C@H]2C)CC1. The van der Waals surface area contributed by atoms with Gasteiger partial charge in [0.2, 0.25) is 5.91 Å². The summed E-state index contributed by atoms with van der Waals surface area (Å²) in [6.45, 7) is 12.7. The molecule has 3 aliphatic heterocycles. The molecule has 4 aliphatic rings. The smallest absolute Gasteiger partial charge is 0.247 e. The Kier molecular flexibility index (Phi) is 9.89. The first-order chi connectivity index (χ1) is 24.2. The highest BCUT2D eigenvalue weighted by molar-refractivity contribution is 6.02. The van der Waals surface area contributed by atoms with E-state index in [1.807, 2.05) is 12.1 Å². The molecule has 1 aliphatic carbocycles. The number of carbonyl (C=O) groups excluding carboxylic acids is 1. The zero-order valence-electron chi connectivity index (χ0n) is 28.9. The number of hydrogen-bond donors (Lipinski definition) is 2. The van der Waals surface area contributed by atoms with E-state index in [2.05, 4.69) is 55.7 Å². The van der Waals surface area contributed by atoms with E-state index in [9.17, 15) is 13.6 Å². The first kappa shape index (κ1) is 34.1. The van der Waals surface area contributed by atoms with Gasteiger partial charge in [-0.05, 0) is 69.4 Å². The molecule has 3 saturated heterocycles. The van der Waals surface area contributed by atoms with Gasteiger partial charge in [0, 0.05) is 75.0 Å². The molecule has 4 heterocycles. The van der Waals surface area contributed by atoms with Crippen molar-refractivity contribution in [3.05, 3.63) is 72.6 Å². The van der Waals surface area contributed by atoms with E-state index in [1.54, 1.807) is 18.2 Å². The van der Waals surface area contributed by atoms with Crippen molar-refractivity contribution in [1.82, 2.24) is 19.8 Å². The van der Waals surface area contributed by atoms with Gasteiger partial charge in [0.25, 0.3) is 0 Å². The van der Waals surface area contributed by atoms with Gasteiger partial charge < -0.3 is 20.3 Å². The number of halogens is 2. The number of amides is 1. The number of carbonyl (C=O) groups is 1. The third kappa shape index (κ3) is 7.26. The number of benzene rings is 2. The fourth-order valence-corrected chi connectivity index (χ4v) is 7.86. The zero-order chi connectivity index (χ0) is 34.9. The van der Waals surface area contributed by atoms with Gasteiger partial charge in [-0.25, -0.2) is 23.8 Å². The van der Waals surface area contributed by atoms with E-state index >= 15 is 0 Å². The van der Waals surface area contributed by atoms with Crippen LogP contribution in [0.2, 0.25) is 0 Å². The fraction of sp³-hybridized carbons (Fsp3) is 0.486. The van der Waals surface area contributed by atoms with Gasteiger partial charge in [-0.3, -0.25) is 19.4 Å². The molecule has 1 aromatic heterocycles. The van der Waals surface area contributed by atoms with E-state index < -0.39 is 17.7 Å². The number of rotatable bonds is 10. The molecule has 0 bridgehead atoms. The van der Waals surface area contributed by atoms with Crippen molar-refractivity contribution in [1.29, 1.82) is 0 Å². The van der Waals surface area contributed by atoms with Crippen LogP contribution >= 0.6 is 0 Å². The second-order valence-electron chi connectivity index (χ2n) is 13.9. The molecule has 1 saturated carbocycles. The quantitative estimate of drug-likeness (QED) is 0.246. The number of piperazine rings is 1. The number of anilines is 5. The molecular formula is C37H46F2N8O3. The normalized spacial score (nSPS) is 23.6. The second kappa shape index (κ2) is 14.5. The molecule has 50 heavy (non-hydrogen) atoms. The molecule has 1 amide bonds. The third-order valence-corrected chi connectivity index (χ3v) is 10.4. The van der Waals surface area contributed by atoms with Crippen molar-refractivity contribution in [2.75, 3.05) is 60.5 Å². The highest BCUT2D eigenvalue weighted by Crippen LogP contribution is 2.41. The number of nitrogens with zero attached hydrogens (tertiary/aromatic N) is 6. The minimum absolute atomic E-state index is 0.316. The third-order valence-electron chi connectivity index (χ3n) is 10.4. The summed E-state index contributed by atoms with van der Waals surface area (Å²) in [4.78, 5) is 35.0. The number of aromatic nitrogens is 2. The summed E-state index contributed by atoms with van der Waals surface area (Å²) >= 11 is 0. The average Bonchev–Trinajstić information content (AvgIpc) is 3.83. The van der Waals surface area contributed by atoms with Crippen LogP contribution in [0.25, 0.3) is 0 Å². The minimum atomic E-state index is -0.650. The predicted octanol–water partition coefficient (Wildman–Crippen LogP) is 6.04. The lowest BCUT2D eigenvalue weighted by atomic mass is 9.97. The van der Waals surface area contributed by atoms with Crippen molar-refractivity contribution in [3.63, 3.8) is 0 Å². The lowest BCUT2D eigenvalue weighted by molar-refractivity contribution is -0.111. The summed E-state index contributed by atoms with van der Waals surface area (Å²) in [5.41, 5.74) is 2.54. The van der Waals surface area contributed by atoms with Gasteiger partial charge in [0.05, 0.1) is 36.8 Å². The van der Waals surface area contributed by atoms with Crippen molar-refractivity contribution < 1.29 is 23.1 Å². The maximum Gasteiger partial charge on any atom is 0.247 e. The van der Waals surface area contributed by atoms with E-state index in [0.717, 1.165) is 56.8 Å². The first-order valence-corrected chi connectivity index (χ1v) is 17.6. The van der Waals surface area contributed by atoms with Crippen molar-refractivity contribution in [3.8, 4) is 5.75 Å². The fourth-order valence-electron chi connectivity index (χ4n) is 7.86. The van der Waals surface area contributed by atoms with Gasteiger partial charge in [-0.1, -0.05) is 6.58 Å². The Labute approximate surface area is 292 Å². The van der Waals surface area contributed by atoms with Gasteiger partial charge in [0.15, 0.2) is 5.82 Å². The Morgan fingerprint density at radius 3 is 2.24 bits per heavy atom. The Bertz CT molecular complexity index is 1700. The molecule has 4 fully saturated rings. The average molecular weight is 689 g/mol. The van der Waals surface area contributed by atoms with Crippen LogP contribution in [0.5, 0.6) is 5.75 Å². The number of ether oxygens (including phenoxy) is 1. The molecular weight excluding hydrogens is 642 g/mol. The number of hydroxylamine groups is 1. The zero-order valence-corrected chi connectivity index (χ0v) is 28.9. The molecule has 2 N–H and O–H groups in total. The number of nitrogens with one attached hydrogen (secondary N) is 2. The molecule has 2 aromatic carbocycles. The minimum Gasteiger partial charge on any atom is -0.494 e. The van der Waals surface area contributed by atoms with Crippen molar-refractivity contribution in [2.45, 2.75) is 76.2 Å². The highest BCUT2D eigenvalue weighted by Gasteiger charge is 2.40. The van der Waals surface area contributed by atoms with Gasteiger partial charge in [0.1, 0.15) is 29.5 Å². The van der Waals surface area contributed by atoms with Crippen molar-refractivity contribution >= 4 is 34.6 Å². The molecule has 11 nitrogen and oxygen atoms in total. The van der Waals surface area contributed by atoms with Crippen LogP contribution in [0.4, 0.5) is 37.5 Å². The lowest BCUT2D eigenvalue weighted by Gasteiger charge is -2.49. The summed E-state index contributed by atoms with van der Waals surface area (Å²) < 4.78 is 33.9. The summed E-state index contributed by atoms with van der Waals surface area (Å²) in [7, 11) is 1.61. The molecule has 13 heteroatoms. The first-order valence-electron chi connectivity index (χ1n) is 17.6. The van der Waals surface area contributed by atoms with E-state index in [4.69, 9.17) is 9.57 Å². The topological polar surface area (TPSA) is 98.3 Å². The maximum absolute atomic E-state index is 14.0. The molecule has 266 valence electrons. The van der Waals surface area contributed by atoms with Gasteiger partial charge in [-0.2, -0.15) is 0 Å². The summed E-state index contributed by atoms with van der Waals surface area (Å²) in [5, 5.41) is 7.86. The molecule has 3 aromatic rings. The molecule has 3 atom stereocenters. The lowest BCUT2D eigenvalue weighted by Crippen LogP contribution is -2.61. The molecule has 7 rings (SSSR count). The summed E-state index contributed by atoms with van der Waals surface area (Å²) in [5.74, 6) is -0.184. The standard InChI is InChI=1S/C37H46F2N8O3/c1-5-37(48)43-30-17-31(42-35-19-36(41-22-40-35)47-32(10-13-50-47)25-14-26(38)16-27(39)15-25)34(49-4)18-33(30)44-11-8-29(9-12-44)46-21-23(2)45(20-24(46)3)28-6-7-28/h5,14-19,22-24,28-29,32H,1,6-13,20-21H2,2-4H3,(H,43,48)(H,40,41,42)/t23-,24+,32+/m0/s1. The number of hydrogen-bond acceptors (Lipinski definition) is 10. The Hall–Kier alpha value is -4.33. The van der Waals surface area contributed by atoms with E-state index in [-0.39, 0.29) is 5.91 Å². The van der Waals surface area contributed by atoms with Crippen LogP contribution in [0.15, 0.2) is 55.4 Å².